The van der Waals surface area contributed by atoms with Crippen LogP contribution in [-0.2, 0) is 10.2 Å². The molecule has 0 saturated carbocycles. The standard InChI is InChI=1S/C26H36N2O3/c1-5-16-31-24-9-7-6-8-22(24)25(29)27-19-23(28-14-17-30-18-15-28)20-10-12-21(13-11-20)26(2,3)4/h6-13,23H,5,14-19H2,1-4H3,(H,27,29)/t23-/m0/s1. The fourth-order valence-electron chi connectivity index (χ4n) is 3.83. The predicted octanol–water partition coefficient (Wildman–Crippen LogP) is 4.58. The van der Waals surface area contributed by atoms with Crippen LogP contribution in [0.1, 0.15) is 61.6 Å². The van der Waals surface area contributed by atoms with Crippen LogP contribution in [-0.4, -0.2) is 50.3 Å². The van der Waals surface area contributed by atoms with E-state index in [9.17, 15) is 4.79 Å². The second-order valence-electron chi connectivity index (χ2n) is 9.09. The van der Waals surface area contributed by atoms with Crippen molar-refractivity contribution >= 4 is 5.91 Å². The Kier molecular flexibility index (Phi) is 8.10. The Hall–Kier alpha value is -2.37. The normalized spacial score (nSPS) is 16.0. The molecule has 1 heterocycles. The molecule has 0 radical (unpaired) electrons. The molecule has 0 unspecified atom stereocenters. The fourth-order valence-corrected chi connectivity index (χ4v) is 3.83. The van der Waals surface area contributed by atoms with E-state index in [1.165, 1.54) is 11.1 Å². The van der Waals surface area contributed by atoms with Crippen LogP contribution in [0.4, 0.5) is 0 Å². The van der Waals surface area contributed by atoms with E-state index in [0.717, 1.165) is 32.7 Å². The van der Waals surface area contributed by atoms with Crippen LogP contribution in [0.25, 0.3) is 0 Å². The number of nitrogens with zero attached hydrogens (tertiary/aromatic N) is 1. The molecule has 0 aliphatic carbocycles. The molecule has 1 amide bonds. The number of para-hydroxylation sites is 1. The lowest BCUT2D eigenvalue weighted by molar-refractivity contribution is 0.0162. The Morgan fingerprint density at radius 3 is 2.42 bits per heavy atom. The molecule has 1 N–H and O–H groups in total. The highest BCUT2D eigenvalue weighted by molar-refractivity contribution is 5.96. The molecule has 0 aromatic heterocycles. The Labute approximate surface area is 186 Å². The maximum atomic E-state index is 13.0. The van der Waals surface area contributed by atoms with Crippen molar-refractivity contribution in [1.82, 2.24) is 10.2 Å². The van der Waals surface area contributed by atoms with Crippen LogP contribution >= 0.6 is 0 Å². The van der Waals surface area contributed by atoms with E-state index in [2.05, 4.69) is 62.2 Å². The van der Waals surface area contributed by atoms with Crippen molar-refractivity contribution in [1.29, 1.82) is 0 Å². The van der Waals surface area contributed by atoms with Gasteiger partial charge in [0.2, 0.25) is 0 Å². The van der Waals surface area contributed by atoms with E-state index in [1.54, 1.807) is 0 Å². The van der Waals surface area contributed by atoms with E-state index in [0.29, 0.717) is 24.5 Å². The molecule has 0 spiro atoms. The first kappa shape index (κ1) is 23.3. The number of morpholine rings is 1. The zero-order valence-electron chi connectivity index (χ0n) is 19.3. The van der Waals surface area contributed by atoms with E-state index < -0.39 is 0 Å². The molecule has 1 saturated heterocycles. The number of hydrogen-bond donors (Lipinski definition) is 1. The van der Waals surface area contributed by atoms with Gasteiger partial charge in [0.25, 0.3) is 5.91 Å². The lowest BCUT2D eigenvalue weighted by Crippen LogP contribution is -2.43. The van der Waals surface area contributed by atoms with Gasteiger partial charge >= 0.3 is 0 Å². The van der Waals surface area contributed by atoms with Crippen molar-refractivity contribution in [3.8, 4) is 5.75 Å². The van der Waals surface area contributed by atoms with Gasteiger partial charge in [-0.25, -0.2) is 0 Å². The minimum atomic E-state index is -0.101. The second kappa shape index (κ2) is 10.8. The number of amides is 1. The molecule has 2 aromatic carbocycles. The fraction of sp³-hybridized carbons (Fsp3) is 0.500. The molecule has 2 aromatic rings. The summed E-state index contributed by atoms with van der Waals surface area (Å²) in [4.78, 5) is 15.4. The van der Waals surface area contributed by atoms with Crippen LogP contribution in [0.3, 0.4) is 0 Å². The number of rotatable bonds is 8. The maximum absolute atomic E-state index is 13.0. The highest BCUT2D eigenvalue weighted by atomic mass is 16.5. The van der Waals surface area contributed by atoms with Gasteiger partial charge in [0.15, 0.2) is 0 Å². The highest BCUT2D eigenvalue weighted by Crippen LogP contribution is 2.27. The number of hydrogen-bond acceptors (Lipinski definition) is 4. The van der Waals surface area contributed by atoms with Gasteiger partial charge in [0, 0.05) is 19.6 Å². The average Bonchev–Trinajstić information content (AvgIpc) is 2.78. The molecule has 3 rings (SSSR count). The molecule has 1 atom stereocenters. The molecule has 5 nitrogen and oxygen atoms in total. The average molecular weight is 425 g/mol. The van der Waals surface area contributed by atoms with Gasteiger partial charge in [0.05, 0.1) is 31.4 Å². The summed E-state index contributed by atoms with van der Waals surface area (Å²) in [6, 6.07) is 16.4. The third kappa shape index (κ3) is 6.31. The summed E-state index contributed by atoms with van der Waals surface area (Å²) >= 11 is 0. The van der Waals surface area contributed by atoms with Gasteiger partial charge < -0.3 is 14.8 Å². The van der Waals surface area contributed by atoms with Gasteiger partial charge in [-0.15, -0.1) is 0 Å². The number of carbonyl (C=O) groups excluding carboxylic acids is 1. The SMILES string of the molecule is CCCOc1ccccc1C(=O)NC[C@@H](c1ccc(C(C)(C)C)cc1)N1CCOCC1. The van der Waals surface area contributed by atoms with Crippen molar-refractivity contribution in [3.63, 3.8) is 0 Å². The van der Waals surface area contributed by atoms with Crippen LogP contribution in [0.5, 0.6) is 5.75 Å². The van der Waals surface area contributed by atoms with Gasteiger partial charge in [-0.1, -0.05) is 64.1 Å². The Morgan fingerprint density at radius 2 is 1.77 bits per heavy atom. The number of nitrogens with one attached hydrogen (secondary N) is 1. The highest BCUT2D eigenvalue weighted by Gasteiger charge is 2.24. The number of benzene rings is 2. The lowest BCUT2D eigenvalue weighted by Gasteiger charge is -2.35. The third-order valence-corrected chi connectivity index (χ3v) is 5.70. The van der Waals surface area contributed by atoms with E-state index in [1.807, 2.05) is 24.3 Å². The summed E-state index contributed by atoms with van der Waals surface area (Å²) < 4.78 is 11.3. The van der Waals surface area contributed by atoms with Crippen molar-refractivity contribution in [2.24, 2.45) is 0 Å². The van der Waals surface area contributed by atoms with Crippen molar-refractivity contribution < 1.29 is 14.3 Å². The first-order valence-electron chi connectivity index (χ1n) is 11.3. The molecule has 31 heavy (non-hydrogen) atoms. The van der Waals surface area contributed by atoms with Gasteiger partial charge in [-0.3, -0.25) is 9.69 Å². The molecule has 1 aliphatic rings. The molecule has 1 aliphatic heterocycles. The van der Waals surface area contributed by atoms with E-state index in [-0.39, 0.29) is 17.4 Å². The second-order valence-corrected chi connectivity index (χ2v) is 9.09. The monoisotopic (exact) mass is 424 g/mol. The van der Waals surface area contributed by atoms with Gasteiger partial charge in [-0.2, -0.15) is 0 Å². The zero-order valence-corrected chi connectivity index (χ0v) is 19.3. The van der Waals surface area contributed by atoms with Crippen LogP contribution in [0, 0.1) is 0 Å². The number of ether oxygens (including phenoxy) is 2. The topological polar surface area (TPSA) is 50.8 Å². The third-order valence-electron chi connectivity index (χ3n) is 5.70. The summed E-state index contributed by atoms with van der Waals surface area (Å²) in [7, 11) is 0. The van der Waals surface area contributed by atoms with Gasteiger partial charge in [-0.05, 0) is 35.1 Å². The van der Waals surface area contributed by atoms with Gasteiger partial charge in [0.1, 0.15) is 5.75 Å². The van der Waals surface area contributed by atoms with E-state index >= 15 is 0 Å². The van der Waals surface area contributed by atoms with Crippen LogP contribution in [0.15, 0.2) is 48.5 Å². The van der Waals surface area contributed by atoms with Crippen LogP contribution in [0.2, 0.25) is 0 Å². The first-order valence-corrected chi connectivity index (χ1v) is 11.3. The van der Waals surface area contributed by atoms with E-state index in [4.69, 9.17) is 9.47 Å². The molecular formula is C26H36N2O3. The minimum Gasteiger partial charge on any atom is -0.493 e. The summed E-state index contributed by atoms with van der Waals surface area (Å²) in [5.41, 5.74) is 3.22. The largest absolute Gasteiger partial charge is 0.493 e. The summed E-state index contributed by atoms with van der Waals surface area (Å²) in [6.45, 7) is 13.0. The smallest absolute Gasteiger partial charge is 0.255 e. The quantitative estimate of drug-likeness (QED) is 0.674. The molecule has 0 bridgehead atoms. The summed E-state index contributed by atoms with van der Waals surface area (Å²) in [5.74, 6) is 0.538. The zero-order chi connectivity index (χ0) is 22.3. The van der Waals surface area contributed by atoms with Crippen molar-refractivity contribution in [2.45, 2.75) is 45.6 Å². The molecule has 168 valence electrons. The molecular weight excluding hydrogens is 388 g/mol. The summed E-state index contributed by atoms with van der Waals surface area (Å²) in [5, 5.41) is 3.16. The molecule has 5 heteroatoms. The maximum Gasteiger partial charge on any atom is 0.255 e. The minimum absolute atomic E-state index is 0.101. The number of carbonyl (C=O) groups is 1. The van der Waals surface area contributed by atoms with Crippen LogP contribution < -0.4 is 10.1 Å². The summed E-state index contributed by atoms with van der Waals surface area (Å²) in [6.07, 6.45) is 0.902. The van der Waals surface area contributed by atoms with Crippen molar-refractivity contribution in [3.05, 3.63) is 65.2 Å². The van der Waals surface area contributed by atoms with Crippen molar-refractivity contribution in [2.75, 3.05) is 39.5 Å². The first-order chi connectivity index (χ1) is 14.9. The Bertz CT molecular complexity index is 836. The molecule has 1 fully saturated rings. The Morgan fingerprint density at radius 1 is 1.10 bits per heavy atom. The predicted molar refractivity (Wildman–Crippen MR) is 125 cm³/mol. The lowest BCUT2D eigenvalue weighted by atomic mass is 9.86. The Balaban J connectivity index is 1.76.